The van der Waals surface area contributed by atoms with Crippen LogP contribution < -0.4 is 5.32 Å². The molecule has 2 aromatic heterocycles. The van der Waals surface area contributed by atoms with Crippen molar-refractivity contribution < 1.29 is 4.79 Å². The number of H-pyrrole nitrogens is 1. The summed E-state index contributed by atoms with van der Waals surface area (Å²) in [4.78, 5) is 17.0. The second-order valence-electron chi connectivity index (χ2n) is 4.35. The third-order valence-corrected chi connectivity index (χ3v) is 3.87. The van der Waals surface area contributed by atoms with Crippen LogP contribution in [0.5, 0.6) is 0 Å². The monoisotopic (exact) mass is 287 g/mol. The Morgan fingerprint density at radius 2 is 2.20 bits per heavy atom. The molecule has 0 saturated heterocycles. The molecule has 7 heteroatoms. The molecule has 0 spiro atoms. The summed E-state index contributed by atoms with van der Waals surface area (Å²) in [7, 11) is 0. The number of hydrogen-bond donors (Lipinski definition) is 2. The number of aryl methyl sites for hydroxylation is 1. The number of benzene rings is 1. The summed E-state index contributed by atoms with van der Waals surface area (Å²) in [6, 6.07) is 5.39. The number of nitrogens with one attached hydrogen (secondary N) is 2. The number of hydrogen-bond acceptors (Lipinski definition) is 5. The first-order valence-corrected chi connectivity index (χ1v) is 7.14. The van der Waals surface area contributed by atoms with Gasteiger partial charge in [-0.2, -0.15) is 15.4 Å². The van der Waals surface area contributed by atoms with Crippen molar-refractivity contribution in [3.05, 3.63) is 34.3 Å². The van der Waals surface area contributed by atoms with E-state index in [1.807, 2.05) is 6.07 Å². The van der Waals surface area contributed by atoms with Gasteiger partial charge in [0, 0.05) is 5.69 Å². The first kappa shape index (κ1) is 12.7. The van der Waals surface area contributed by atoms with Gasteiger partial charge in [0.25, 0.3) is 5.91 Å². The molecule has 2 heterocycles. The van der Waals surface area contributed by atoms with Crippen LogP contribution >= 0.6 is 11.3 Å². The van der Waals surface area contributed by atoms with Gasteiger partial charge in [-0.1, -0.05) is 6.92 Å². The molecule has 6 nitrogen and oxygen atoms in total. The van der Waals surface area contributed by atoms with E-state index in [2.05, 4.69) is 32.6 Å². The largest absolute Gasteiger partial charge is 0.321 e. The van der Waals surface area contributed by atoms with Crippen LogP contribution in [0.2, 0.25) is 0 Å². The second-order valence-corrected chi connectivity index (χ2v) is 5.46. The fourth-order valence-electron chi connectivity index (χ4n) is 1.86. The van der Waals surface area contributed by atoms with E-state index < -0.39 is 0 Å². The minimum absolute atomic E-state index is 0.146. The lowest BCUT2D eigenvalue weighted by Gasteiger charge is -2.02. The number of anilines is 1. The average Bonchev–Trinajstić information content (AvgIpc) is 3.07. The van der Waals surface area contributed by atoms with Crippen LogP contribution in [0.15, 0.2) is 24.4 Å². The van der Waals surface area contributed by atoms with Crippen molar-refractivity contribution in [2.75, 3.05) is 5.32 Å². The Labute approximate surface area is 119 Å². The zero-order valence-corrected chi connectivity index (χ0v) is 11.7. The average molecular weight is 287 g/mol. The van der Waals surface area contributed by atoms with Crippen LogP contribution in [0, 0.1) is 0 Å². The number of fused-ring (bicyclic) bond motifs is 1. The standard InChI is InChI=1S/C13H13N5OS/c1-2-3-12-14-7-11(20-12)13(19)15-8-4-5-9-10(6-8)17-18-16-9/h4-7H,2-3H2,1H3,(H,15,19)(H,16,17,18). The Balaban J connectivity index is 1.76. The van der Waals surface area contributed by atoms with Crippen molar-refractivity contribution in [2.24, 2.45) is 0 Å². The van der Waals surface area contributed by atoms with Gasteiger partial charge in [0.2, 0.25) is 0 Å². The normalized spacial score (nSPS) is 10.8. The third-order valence-electron chi connectivity index (χ3n) is 2.82. The number of thiazole rings is 1. The molecule has 0 unspecified atom stereocenters. The summed E-state index contributed by atoms with van der Waals surface area (Å²) in [5.41, 5.74) is 2.19. The molecule has 1 aromatic carbocycles. The molecule has 0 radical (unpaired) electrons. The Kier molecular flexibility index (Phi) is 3.42. The molecular weight excluding hydrogens is 274 g/mol. The molecule has 0 aliphatic rings. The molecular formula is C13H13N5OS. The molecule has 0 fully saturated rings. The van der Waals surface area contributed by atoms with Crippen molar-refractivity contribution in [1.29, 1.82) is 0 Å². The van der Waals surface area contributed by atoms with Gasteiger partial charge < -0.3 is 5.32 Å². The van der Waals surface area contributed by atoms with E-state index in [1.54, 1.807) is 18.3 Å². The Bertz CT molecular complexity index is 748. The quantitative estimate of drug-likeness (QED) is 0.772. The Hall–Kier alpha value is -2.28. The van der Waals surface area contributed by atoms with Crippen molar-refractivity contribution >= 4 is 34.0 Å². The molecule has 0 aliphatic carbocycles. The van der Waals surface area contributed by atoms with E-state index >= 15 is 0 Å². The van der Waals surface area contributed by atoms with Crippen LogP contribution in [0.25, 0.3) is 11.0 Å². The van der Waals surface area contributed by atoms with Crippen LogP contribution in [0.4, 0.5) is 5.69 Å². The van der Waals surface area contributed by atoms with Gasteiger partial charge in [-0.05, 0) is 31.0 Å². The summed E-state index contributed by atoms with van der Waals surface area (Å²) in [5, 5.41) is 14.3. The highest BCUT2D eigenvalue weighted by Crippen LogP contribution is 2.19. The highest BCUT2D eigenvalue weighted by molar-refractivity contribution is 7.13. The van der Waals surface area contributed by atoms with Crippen molar-refractivity contribution in [3.63, 3.8) is 0 Å². The maximum absolute atomic E-state index is 12.1. The number of carbonyl (C=O) groups excluding carboxylic acids is 1. The zero-order chi connectivity index (χ0) is 13.9. The SMILES string of the molecule is CCCc1ncc(C(=O)Nc2ccc3n[nH]nc3c2)s1. The topological polar surface area (TPSA) is 83.6 Å². The van der Waals surface area contributed by atoms with E-state index in [9.17, 15) is 4.79 Å². The molecule has 2 N–H and O–H groups in total. The predicted octanol–water partition coefficient (Wildman–Crippen LogP) is 2.62. The molecule has 1 amide bonds. The van der Waals surface area contributed by atoms with Gasteiger partial charge in [-0.15, -0.1) is 11.3 Å². The summed E-state index contributed by atoms with van der Waals surface area (Å²) in [6.45, 7) is 2.09. The molecule has 20 heavy (non-hydrogen) atoms. The number of aromatic amines is 1. The highest BCUT2D eigenvalue weighted by atomic mass is 32.1. The van der Waals surface area contributed by atoms with Gasteiger partial charge in [0.1, 0.15) is 15.9 Å². The van der Waals surface area contributed by atoms with Crippen LogP contribution in [0.3, 0.4) is 0 Å². The highest BCUT2D eigenvalue weighted by Gasteiger charge is 2.11. The summed E-state index contributed by atoms with van der Waals surface area (Å²) < 4.78 is 0. The molecule has 0 bridgehead atoms. The minimum Gasteiger partial charge on any atom is -0.321 e. The van der Waals surface area contributed by atoms with E-state index in [0.29, 0.717) is 10.6 Å². The van der Waals surface area contributed by atoms with Crippen molar-refractivity contribution in [1.82, 2.24) is 20.4 Å². The first-order chi connectivity index (χ1) is 9.76. The first-order valence-electron chi connectivity index (χ1n) is 6.33. The van der Waals surface area contributed by atoms with E-state index in [-0.39, 0.29) is 5.91 Å². The molecule has 3 rings (SSSR count). The fourth-order valence-corrected chi connectivity index (χ4v) is 2.77. The van der Waals surface area contributed by atoms with Gasteiger partial charge in [-0.3, -0.25) is 4.79 Å². The van der Waals surface area contributed by atoms with Crippen LogP contribution in [0.1, 0.15) is 28.0 Å². The zero-order valence-electron chi connectivity index (χ0n) is 10.9. The lowest BCUT2D eigenvalue weighted by Crippen LogP contribution is -2.09. The third kappa shape index (κ3) is 2.53. The number of amides is 1. The van der Waals surface area contributed by atoms with E-state index in [1.165, 1.54) is 11.3 Å². The second kappa shape index (κ2) is 5.38. The lowest BCUT2D eigenvalue weighted by molar-refractivity contribution is 0.103. The van der Waals surface area contributed by atoms with E-state index in [0.717, 1.165) is 28.9 Å². The van der Waals surface area contributed by atoms with Crippen molar-refractivity contribution in [3.8, 4) is 0 Å². The predicted molar refractivity (Wildman–Crippen MR) is 78.0 cm³/mol. The van der Waals surface area contributed by atoms with Gasteiger partial charge in [0.15, 0.2) is 0 Å². The molecule has 0 saturated carbocycles. The maximum Gasteiger partial charge on any atom is 0.267 e. The maximum atomic E-state index is 12.1. The number of rotatable bonds is 4. The van der Waals surface area contributed by atoms with Crippen LogP contribution in [-0.4, -0.2) is 26.3 Å². The lowest BCUT2D eigenvalue weighted by atomic mass is 10.2. The minimum atomic E-state index is -0.146. The summed E-state index contributed by atoms with van der Waals surface area (Å²) >= 11 is 1.43. The van der Waals surface area contributed by atoms with Gasteiger partial charge >= 0.3 is 0 Å². The molecule has 102 valence electrons. The molecule has 3 aromatic rings. The van der Waals surface area contributed by atoms with Crippen LogP contribution in [-0.2, 0) is 6.42 Å². The Morgan fingerprint density at radius 1 is 1.35 bits per heavy atom. The van der Waals surface area contributed by atoms with Gasteiger partial charge in [-0.25, -0.2) is 4.98 Å². The summed E-state index contributed by atoms with van der Waals surface area (Å²) in [6.07, 6.45) is 3.56. The molecule has 0 atom stereocenters. The summed E-state index contributed by atoms with van der Waals surface area (Å²) in [5.74, 6) is -0.146. The van der Waals surface area contributed by atoms with Crippen molar-refractivity contribution in [2.45, 2.75) is 19.8 Å². The van der Waals surface area contributed by atoms with Gasteiger partial charge in [0.05, 0.1) is 11.2 Å². The smallest absolute Gasteiger partial charge is 0.267 e. The number of carbonyl (C=O) groups is 1. The Morgan fingerprint density at radius 3 is 3.05 bits per heavy atom. The molecule has 0 aliphatic heterocycles. The van der Waals surface area contributed by atoms with E-state index in [4.69, 9.17) is 0 Å². The number of aromatic nitrogens is 4. The fraction of sp³-hybridized carbons (Fsp3) is 0.231. The number of nitrogens with zero attached hydrogens (tertiary/aromatic N) is 3.